The highest BCUT2D eigenvalue weighted by atomic mass is 16.3. The van der Waals surface area contributed by atoms with E-state index >= 15 is 0 Å². The van der Waals surface area contributed by atoms with E-state index in [1.165, 1.54) is 25.7 Å². The van der Waals surface area contributed by atoms with Gasteiger partial charge in [-0.3, -0.25) is 0 Å². The van der Waals surface area contributed by atoms with Gasteiger partial charge in [0.15, 0.2) is 0 Å². The molecule has 0 amide bonds. The van der Waals surface area contributed by atoms with Crippen LogP contribution in [0.2, 0.25) is 0 Å². The normalized spacial score (nSPS) is 30.9. The number of nitrogens with one attached hydrogen (secondary N) is 1. The Labute approximate surface area is 101 Å². The van der Waals surface area contributed by atoms with Gasteiger partial charge in [0.25, 0.3) is 0 Å². The van der Waals surface area contributed by atoms with Crippen LogP contribution in [0, 0.1) is 11.8 Å². The third-order valence-corrected chi connectivity index (χ3v) is 3.79. The molecule has 2 nitrogen and oxygen atoms in total. The SMILES string of the molecule is CC(C)CCCNCC1(O)CCC(C)CC1. The summed E-state index contributed by atoms with van der Waals surface area (Å²) >= 11 is 0. The topological polar surface area (TPSA) is 32.3 Å². The Morgan fingerprint density at radius 2 is 1.94 bits per heavy atom. The van der Waals surface area contributed by atoms with Crippen molar-refractivity contribution >= 4 is 0 Å². The van der Waals surface area contributed by atoms with Crippen LogP contribution in [0.4, 0.5) is 0 Å². The minimum atomic E-state index is -0.412. The van der Waals surface area contributed by atoms with E-state index in [-0.39, 0.29) is 0 Å². The van der Waals surface area contributed by atoms with E-state index in [4.69, 9.17) is 0 Å². The summed E-state index contributed by atoms with van der Waals surface area (Å²) in [4.78, 5) is 0. The second-order valence-corrected chi connectivity index (χ2v) is 6.12. The molecule has 1 aliphatic rings. The summed E-state index contributed by atoms with van der Waals surface area (Å²) in [5, 5.41) is 13.8. The van der Waals surface area contributed by atoms with Crippen molar-refractivity contribution in [2.75, 3.05) is 13.1 Å². The summed E-state index contributed by atoms with van der Waals surface area (Å²) in [6.07, 6.45) is 6.83. The minimum absolute atomic E-state index is 0.412. The summed E-state index contributed by atoms with van der Waals surface area (Å²) in [6.45, 7) is 8.65. The molecule has 0 aromatic carbocycles. The number of hydrogen-bond acceptors (Lipinski definition) is 2. The Bertz CT molecular complexity index is 183. The molecule has 1 aliphatic carbocycles. The first kappa shape index (κ1) is 14.0. The van der Waals surface area contributed by atoms with Gasteiger partial charge in [0, 0.05) is 6.54 Å². The van der Waals surface area contributed by atoms with Crippen LogP contribution < -0.4 is 5.32 Å². The third kappa shape index (κ3) is 5.31. The van der Waals surface area contributed by atoms with Gasteiger partial charge in [-0.25, -0.2) is 0 Å². The maximum absolute atomic E-state index is 10.3. The zero-order valence-electron chi connectivity index (χ0n) is 11.3. The lowest BCUT2D eigenvalue weighted by Gasteiger charge is -2.35. The van der Waals surface area contributed by atoms with Crippen LogP contribution in [0.1, 0.15) is 59.3 Å². The van der Waals surface area contributed by atoms with E-state index in [1.807, 2.05) is 0 Å². The first-order chi connectivity index (χ1) is 7.52. The molecule has 1 fully saturated rings. The van der Waals surface area contributed by atoms with Gasteiger partial charge >= 0.3 is 0 Å². The Hall–Kier alpha value is -0.0800. The highest BCUT2D eigenvalue weighted by molar-refractivity contribution is 4.86. The van der Waals surface area contributed by atoms with Gasteiger partial charge in [-0.2, -0.15) is 0 Å². The van der Waals surface area contributed by atoms with Crippen molar-refractivity contribution in [2.45, 2.75) is 64.9 Å². The van der Waals surface area contributed by atoms with Crippen molar-refractivity contribution < 1.29 is 5.11 Å². The average Bonchev–Trinajstić information content (AvgIpc) is 2.22. The maximum atomic E-state index is 10.3. The summed E-state index contributed by atoms with van der Waals surface area (Å²) in [7, 11) is 0. The molecular formula is C14H29NO. The molecular weight excluding hydrogens is 198 g/mol. The largest absolute Gasteiger partial charge is 0.389 e. The van der Waals surface area contributed by atoms with Crippen molar-refractivity contribution in [2.24, 2.45) is 11.8 Å². The quantitative estimate of drug-likeness (QED) is 0.684. The highest BCUT2D eigenvalue weighted by Crippen LogP contribution is 2.31. The van der Waals surface area contributed by atoms with E-state index in [2.05, 4.69) is 26.1 Å². The predicted octanol–water partition coefficient (Wildman–Crippen LogP) is 2.95. The van der Waals surface area contributed by atoms with Crippen LogP contribution in [0.15, 0.2) is 0 Å². The Morgan fingerprint density at radius 3 is 2.50 bits per heavy atom. The molecule has 1 rings (SSSR count). The number of rotatable bonds is 6. The molecule has 0 spiro atoms. The van der Waals surface area contributed by atoms with Crippen molar-refractivity contribution in [3.8, 4) is 0 Å². The van der Waals surface area contributed by atoms with Gasteiger partial charge in [-0.1, -0.05) is 20.8 Å². The van der Waals surface area contributed by atoms with Gasteiger partial charge < -0.3 is 10.4 Å². The van der Waals surface area contributed by atoms with E-state index in [1.54, 1.807) is 0 Å². The Balaban J connectivity index is 2.07. The van der Waals surface area contributed by atoms with Crippen molar-refractivity contribution in [3.63, 3.8) is 0 Å². The summed E-state index contributed by atoms with van der Waals surface area (Å²) < 4.78 is 0. The average molecular weight is 227 g/mol. The zero-order valence-corrected chi connectivity index (χ0v) is 11.3. The van der Waals surface area contributed by atoms with Crippen LogP contribution in [-0.4, -0.2) is 23.8 Å². The van der Waals surface area contributed by atoms with Gasteiger partial charge in [0.2, 0.25) is 0 Å². The number of aliphatic hydroxyl groups is 1. The number of hydrogen-bond donors (Lipinski definition) is 2. The second kappa shape index (κ2) is 6.61. The molecule has 0 saturated heterocycles. The molecule has 0 aromatic rings. The third-order valence-electron chi connectivity index (χ3n) is 3.79. The van der Waals surface area contributed by atoms with Crippen LogP contribution >= 0.6 is 0 Å². The molecule has 0 bridgehead atoms. The highest BCUT2D eigenvalue weighted by Gasteiger charge is 2.30. The van der Waals surface area contributed by atoms with Crippen molar-refractivity contribution in [1.82, 2.24) is 5.32 Å². The molecule has 96 valence electrons. The fraction of sp³-hybridized carbons (Fsp3) is 1.00. The molecule has 0 aliphatic heterocycles. The van der Waals surface area contributed by atoms with Crippen molar-refractivity contribution in [1.29, 1.82) is 0 Å². The van der Waals surface area contributed by atoms with E-state index in [0.29, 0.717) is 0 Å². The van der Waals surface area contributed by atoms with Crippen LogP contribution in [0.5, 0.6) is 0 Å². The van der Waals surface area contributed by atoms with Gasteiger partial charge in [0.05, 0.1) is 5.60 Å². The molecule has 2 N–H and O–H groups in total. The maximum Gasteiger partial charge on any atom is 0.0771 e. The van der Waals surface area contributed by atoms with Gasteiger partial charge in [0.1, 0.15) is 0 Å². The minimum Gasteiger partial charge on any atom is -0.389 e. The summed E-state index contributed by atoms with van der Waals surface area (Å²) in [5.41, 5.74) is -0.412. The fourth-order valence-electron chi connectivity index (χ4n) is 2.43. The van der Waals surface area contributed by atoms with E-state index < -0.39 is 5.60 Å². The molecule has 0 atom stereocenters. The first-order valence-corrected chi connectivity index (χ1v) is 6.95. The molecule has 0 radical (unpaired) electrons. The lowest BCUT2D eigenvalue weighted by atomic mass is 9.79. The molecule has 16 heavy (non-hydrogen) atoms. The van der Waals surface area contributed by atoms with Crippen LogP contribution in [-0.2, 0) is 0 Å². The van der Waals surface area contributed by atoms with Crippen LogP contribution in [0.3, 0.4) is 0 Å². The predicted molar refractivity (Wildman–Crippen MR) is 69.5 cm³/mol. The monoisotopic (exact) mass is 227 g/mol. The lowest BCUT2D eigenvalue weighted by molar-refractivity contribution is -0.00598. The van der Waals surface area contributed by atoms with Gasteiger partial charge in [-0.15, -0.1) is 0 Å². The van der Waals surface area contributed by atoms with E-state index in [0.717, 1.165) is 37.8 Å². The summed E-state index contributed by atoms with van der Waals surface area (Å²) in [6, 6.07) is 0. The molecule has 2 heteroatoms. The summed E-state index contributed by atoms with van der Waals surface area (Å²) in [5.74, 6) is 1.60. The lowest BCUT2D eigenvalue weighted by Crippen LogP contribution is -2.43. The molecule has 0 heterocycles. The van der Waals surface area contributed by atoms with Gasteiger partial charge in [-0.05, 0) is 56.9 Å². The molecule has 0 aromatic heterocycles. The zero-order chi connectivity index (χ0) is 12.0. The fourth-order valence-corrected chi connectivity index (χ4v) is 2.43. The smallest absolute Gasteiger partial charge is 0.0771 e. The first-order valence-electron chi connectivity index (χ1n) is 6.95. The standard InChI is InChI=1S/C14H29NO/c1-12(2)5-4-10-15-11-14(16)8-6-13(3)7-9-14/h12-13,15-16H,4-11H2,1-3H3. The Morgan fingerprint density at radius 1 is 1.31 bits per heavy atom. The van der Waals surface area contributed by atoms with Crippen LogP contribution in [0.25, 0.3) is 0 Å². The van der Waals surface area contributed by atoms with Crippen molar-refractivity contribution in [3.05, 3.63) is 0 Å². The molecule has 0 unspecified atom stereocenters. The molecule has 1 saturated carbocycles. The second-order valence-electron chi connectivity index (χ2n) is 6.12. The Kier molecular flexibility index (Phi) is 5.77. The van der Waals surface area contributed by atoms with E-state index in [9.17, 15) is 5.11 Å².